The molecule has 0 aromatic carbocycles. The van der Waals surface area contributed by atoms with Crippen molar-refractivity contribution < 1.29 is 23.5 Å². The van der Waals surface area contributed by atoms with E-state index in [1.807, 2.05) is 13.8 Å². The fourth-order valence-electron chi connectivity index (χ4n) is 0. The predicted octanol–water partition coefficient (Wildman–Crippen LogP) is 3.13. The third-order valence-electron chi connectivity index (χ3n) is 0.504. The molecule has 0 fully saturated rings. The Hall–Kier alpha value is 1.75. The molecule has 0 aromatic rings. The molecule has 0 heterocycles. The van der Waals surface area contributed by atoms with E-state index in [0.717, 1.165) is 23.5 Å². The van der Waals surface area contributed by atoms with Gasteiger partial charge in [-0.2, -0.15) is 0 Å². The molecule has 0 bridgehead atoms. The fraction of sp³-hybridized carbons (Fsp3) is 1.00. The van der Waals surface area contributed by atoms with Gasteiger partial charge in [-0.15, -0.1) is 23.2 Å². The van der Waals surface area contributed by atoms with Crippen LogP contribution in [-0.2, 0) is 23.5 Å². The second kappa shape index (κ2) is 8.75. The molecule has 0 nitrogen and oxygen atoms in total. The van der Waals surface area contributed by atoms with Gasteiger partial charge in [0, 0.05) is 0 Å². The Balaban J connectivity index is 0. The molecule has 0 rings (SSSR count). The van der Waals surface area contributed by atoms with Crippen LogP contribution in [0.25, 0.3) is 0 Å². The van der Waals surface area contributed by atoms with Crippen molar-refractivity contribution in [1.29, 1.82) is 0 Å². The van der Waals surface area contributed by atoms with Crippen molar-refractivity contribution in [2.75, 3.05) is 0 Å². The van der Waals surface area contributed by atoms with Crippen molar-refractivity contribution in [2.24, 2.45) is 5.92 Å². The molecule has 0 radical (unpaired) electrons. The number of halogens is 3. The van der Waals surface area contributed by atoms with E-state index in [1.54, 1.807) is 0 Å². The summed E-state index contributed by atoms with van der Waals surface area (Å²) in [7, 11) is 4.73. The number of hydrogen-bond donors (Lipinski definition) is 0. The molecule has 0 spiro atoms. The third kappa shape index (κ3) is 10.7. The van der Waals surface area contributed by atoms with Gasteiger partial charge < -0.3 is 0 Å². The Bertz CT molecular complexity index is 32.3. The Morgan fingerprint density at radius 2 is 1.25 bits per heavy atom. The van der Waals surface area contributed by atoms with Crippen molar-refractivity contribution >= 4 is 31.7 Å². The third-order valence-corrected chi connectivity index (χ3v) is 1.51. The van der Waals surface area contributed by atoms with Crippen LogP contribution in [0, 0.1) is 5.92 Å². The van der Waals surface area contributed by atoms with Crippen LogP contribution in [0.15, 0.2) is 0 Å². The first kappa shape index (κ1) is 12.4. The molecule has 49 valence electrons. The zero-order chi connectivity index (χ0) is 7.15. The van der Waals surface area contributed by atoms with Crippen molar-refractivity contribution in [1.82, 2.24) is 0 Å². The summed E-state index contributed by atoms with van der Waals surface area (Å²) in [5.74, 6) is 0.383. The molecule has 0 N–H and O–H groups in total. The molecule has 0 aliphatic rings. The van der Waals surface area contributed by atoms with Gasteiger partial charge in [-0.25, -0.2) is 0 Å². The summed E-state index contributed by atoms with van der Waals surface area (Å²) in [5.41, 5.74) is 0. The van der Waals surface area contributed by atoms with Crippen LogP contribution in [0.3, 0.4) is 0 Å². The molecule has 4 heteroatoms. The molecule has 0 aliphatic heterocycles. The summed E-state index contributed by atoms with van der Waals surface area (Å²) in [6.07, 6.45) is 0. The Morgan fingerprint density at radius 1 is 1.12 bits per heavy atom. The first-order valence-corrected chi connectivity index (χ1v) is 6.15. The van der Waals surface area contributed by atoms with Gasteiger partial charge in [0.1, 0.15) is 4.84 Å². The van der Waals surface area contributed by atoms with Crippen LogP contribution in [0.4, 0.5) is 0 Å². The van der Waals surface area contributed by atoms with Gasteiger partial charge in [-0.1, -0.05) is 13.8 Å². The topological polar surface area (TPSA) is 0 Å². The van der Waals surface area contributed by atoms with Crippen LogP contribution in [0.2, 0.25) is 0 Å². The monoisotopic (exact) mass is 251 g/mol. The normalized spacial score (nSPS) is 8.75. The maximum atomic E-state index is 5.38. The predicted molar refractivity (Wildman–Crippen MR) is 36.2 cm³/mol. The first-order chi connectivity index (χ1) is 3.64. The Labute approximate surface area is 79.3 Å². The van der Waals surface area contributed by atoms with Crippen molar-refractivity contribution in [3.05, 3.63) is 0 Å². The van der Waals surface area contributed by atoms with Crippen LogP contribution >= 0.6 is 31.7 Å². The van der Waals surface area contributed by atoms with E-state index in [1.165, 1.54) is 0 Å². The molecule has 0 atom stereocenters. The van der Waals surface area contributed by atoms with E-state index >= 15 is 0 Å². The molecule has 0 aliphatic carbocycles. The summed E-state index contributed by atoms with van der Waals surface area (Å²) in [5, 5.41) is 0. The number of alkyl halides is 2. The molecule has 8 heavy (non-hydrogen) atoms. The zero-order valence-corrected chi connectivity index (χ0v) is 9.51. The van der Waals surface area contributed by atoms with Crippen molar-refractivity contribution in [3.8, 4) is 0 Å². The molecular weight excluding hydrogens is 246 g/mol. The standard InChI is InChI=1S/C4H8Cl2.ClH.Zr/c1-3(2)4(5)6;;/h3-4H,1-2H3;1H;/q;;+1/p-1. The van der Waals surface area contributed by atoms with Gasteiger partial charge in [0.05, 0.1) is 0 Å². The average Bonchev–Trinajstić information content (AvgIpc) is 1.72. The zero-order valence-electron chi connectivity index (χ0n) is 4.79. The van der Waals surface area contributed by atoms with Crippen LogP contribution < -0.4 is 0 Å². The second-order valence-corrected chi connectivity index (χ2v) is 2.74. The van der Waals surface area contributed by atoms with Gasteiger partial charge in [-0.3, -0.25) is 0 Å². The molecule has 0 saturated carbocycles. The van der Waals surface area contributed by atoms with E-state index in [4.69, 9.17) is 31.7 Å². The van der Waals surface area contributed by atoms with Gasteiger partial charge in [0.25, 0.3) is 0 Å². The molecule has 0 saturated heterocycles. The molecular formula is C4H8Cl3Zr. The van der Waals surface area contributed by atoms with Crippen LogP contribution in [0.1, 0.15) is 13.8 Å². The van der Waals surface area contributed by atoms with Crippen molar-refractivity contribution in [3.63, 3.8) is 0 Å². The number of rotatable bonds is 1. The van der Waals surface area contributed by atoms with Gasteiger partial charge in [0.2, 0.25) is 0 Å². The summed E-state index contributed by atoms with van der Waals surface area (Å²) < 4.78 is 0. The summed E-state index contributed by atoms with van der Waals surface area (Å²) in [6.45, 7) is 3.95. The minimum absolute atomic E-state index is 0.204. The number of hydrogen-bond acceptors (Lipinski definition) is 0. The van der Waals surface area contributed by atoms with E-state index in [0.29, 0.717) is 5.92 Å². The summed E-state index contributed by atoms with van der Waals surface area (Å²) in [4.78, 5) is -0.204. The van der Waals surface area contributed by atoms with Crippen molar-refractivity contribution in [2.45, 2.75) is 18.7 Å². The molecule has 0 amide bonds. The average molecular weight is 254 g/mol. The van der Waals surface area contributed by atoms with Gasteiger partial charge in [-0.05, 0) is 5.92 Å². The summed E-state index contributed by atoms with van der Waals surface area (Å²) in [6, 6.07) is 0. The molecule has 0 aromatic heterocycles. The van der Waals surface area contributed by atoms with Crippen LogP contribution in [-0.4, -0.2) is 4.84 Å². The maximum absolute atomic E-state index is 5.38. The minimum atomic E-state index is -0.204. The van der Waals surface area contributed by atoms with E-state index < -0.39 is 0 Å². The fourth-order valence-corrected chi connectivity index (χ4v) is 0. The van der Waals surface area contributed by atoms with Gasteiger partial charge >= 0.3 is 32.0 Å². The van der Waals surface area contributed by atoms with E-state index in [-0.39, 0.29) is 4.84 Å². The van der Waals surface area contributed by atoms with E-state index in [2.05, 4.69) is 0 Å². The Morgan fingerprint density at radius 3 is 1.25 bits per heavy atom. The van der Waals surface area contributed by atoms with E-state index in [9.17, 15) is 0 Å². The quantitative estimate of drug-likeness (QED) is 0.630. The van der Waals surface area contributed by atoms with Crippen LogP contribution in [0.5, 0.6) is 0 Å². The first-order valence-electron chi connectivity index (χ1n) is 2.11. The molecule has 0 unspecified atom stereocenters. The summed E-state index contributed by atoms with van der Waals surface area (Å²) >= 11 is 11.8. The Kier molecular flexibility index (Phi) is 13.6. The van der Waals surface area contributed by atoms with Gasteiger partial charge in [0.15, 0.2) is 0 Å². The second-order valence-electron chi connectivity index (χ2n) is 1.58. The SMILES string of the molecule is CC(C)C(Cl)Cl.[Cl][Zr].